The Labute approximate surface area is 202 Å². The number of nitrogens with zero attached hydrogens (tertiary/aromatic N) is 4. The smallest absolute Gasteiger partial charge is 0.252 e. The highest BCUT2D eigenvalue weighted by Gasteiger charge is 2.16. The molecule has 1 fully saturated rings. The molecule has 2 aromatic heterocycles. The second kappa shape index (κ2) is 10.6. The van der Waals surface area contributed by atoms with Gasteiger partial charge in [-0.1, -0.05) is 45.0 Å². The average Bonchev–Trinajstić information content (AvgIpc) is 2.76. The predicted octanol–water partition coefficient (Wildman–Crippen LogP) is 3.84. The number of nitrogens with one attached hydrogen (secondary N) is 2. The van der Waals surface area contributed by atoms with Gasteiger partial charge in [-0.2, -0.15) is 4.98 Å². The number of aromatic nitrogens is 3. The summed E-state index contributed by atoms with van der Waals surface area (Å²) in [6.07, 6.45) is 1.78. The highest BCUT2D eigenvalue weighted by molar-refractivity contribution is 5.85. The van der Waals surface area contributed by atoms with Crippen molar-refractivity contribution in [3.8, 4) is 0 Å². The van der Waals surface area contributed by atoms with Crippen molar-refractivity contribution in [2.24, 2.45) is 5.41 Å². The highest BCUT2D eigenvalue weighted by Crippen LogP contribution is 2.21. The van der Waals surface area contributed by atoms with E-state index in [-0.39, 0.29) is 29.4 Å². The summed E-state index contributed by atoms with van der Waals surface area (Å²) in [5.41, 5.74) is 3.11. The summed E-state index contributed by atoms with van der Waals surface area (Å²) in [4.78, 5) is 24.2. The van der Waals surface area contributed by atoms with Crippen LogP contribution in [0, 0.1) is 5.41 Å². The van der Waals surface area contributed by atoms with Crippen LogP contribution in [-0.4, -0.2) is 45.6 Å². The van der Waals surface area contributed by atoms with Crippen molar-refractivity contribution in [1.82, 2.24) is 24.8 Å². The SMILES string of the molecule is CC(Nc1ncc2ccc(=O)n(CC(C)(C)C)c2n1)c1ccc(CN2CCNCC2)cc1.Cl. The summed E-state index contributed by atoms with van der Waals surface area (Å²) >= 11 is 0. The summed E-state index contributed by atoms with van der Waals surface area (Å²) in [6.45, 7) is 14.4. The summed E-state index contributed by atoms with van der Waals surface area (Å²) in [5.74, 6) is 0.531. The molecular weight excluding hydrogens is 436 g/mol. The monoisotopic (exact) mass is 470 g/mol. The topological polar surface area (TPSA) is 75.1 Å². The minimum absolute atomic E-state index is 0. The van der Waals surface area contributed by atoms with Crippen LogP contribution in [0.2, 0.25) is 0 Å². The Kier molecular flexibility index (Phi) is 8.10. The number of hydrogen-bond donors (Lipinski definition) is 2. The van der Waals surface area contributed by atoms with Crippen molar-refractivity contribution < 1.29 is 0 Å². The third kappa shape index (κ3) is 6.53. The molecule has 1 unspecified atom stereocenters. The second-order valence-corrected chi connectivity index (χ2v) is 9.92. The van der Waals surface area contributed by atoms with Crippen LogP contribution in [0.25, 0.3) is 11.0 Å². The molecule has 7 nitrogen and oxygen atoms in total. The molecule has 1 aliphatic heterocycles. The molecule has 1 aromatic carbocycles. The van der Waals surface area contributed by atoms with E-state index >= 15 is 0 Å². The van der Waals surface area contributed by atoms with Crippen LogP contribution in [0.1, 0.15) is 44.9 Å². The Morgan fingerprint density at radius 3 is 2.45 bits per heavy atom. The molecule has 4 rings (SSSR count). The maximum absolute atomic E-state index is 12.5. The molecule has 3 aromatic rings. The first-order chi connectivity index (χ1) is 15.3. The molecule has 2 N–H and O–H groups in total. The number of anilines is 1. The lowest BCUT2D eigenvalue weighted by atomic mass is 9.97. The van der Waals surface area contributed by atoms with E-state index in [9.17, 15) is 4.79 Å². The molecule has 33 heavy (non-hydrogen) atoms. The Morgan fingerprint density at radius 1 is 1.09 bits per heavy atom. The number of pyridine rings is 1. The van der Waals surface area contributed by atoms with E-state index in [1.165, 1.54) is 11.1 Å². The molecule has 0 saturated carbocycles. The van der Waals surface area contributed by atoms with E-state index in [4.69, 9.17) is 4.98 Å². The number of halogens is 1. The average molecular weight is 471 g/mol. The van der Waals surface area contributed by atoms with Crippen molar-refractivity contribution in [2.45, 2.75) is 46.8 Å². The highest BCUT2D eigenvalue weighted by atomic mass is 35.5. The van der Waals surface area contributed by atoms with Gasteiger partial charge in [0.1, 0.15) is 5.65 Å². The van der Waals surface area contributed by atoms with E-state index in [2.05, 4.69) is 72.5 Å². The van der Waals surface area contributed by atoms with Gasteiger partial charge in [0.25, 0.3) is 5.56 Å². The third-order valence-corrected chi connectivity index (χ3v) is 5.80. The van der Waals surface area contributed by atoms with Crippen molar-refractivity contribution in [2.75, 3.05) is 31.5 Å². The van der Waals surface area contributed by atoms with Gasteiger partial charge < -0.3 is 10.6 Å². The summed E-state index contributed by atoms with van der Waals surface area (Å²) in [7, 11) is 0. The first-order valence-electron chi connectivity index (χ1n) is 11.4. The fourth-order valence-corrected chi connectivity index (χ4v) is 4.08. The zero-order valence-electron chi connectivity index (χ0n) is 20.0. The Morgan fingerprint density at radius 2 is 1.79 bits per heavy atom. The largest absolute Gasteiger partial charge is 0.348 e. The summed E-state index contributed by atoms with van der Waals surface area (Å²) in [6, 6.07) is 12.2. The van der Waals surface area contributed by atoms with E-state index < -0.39 is 0 Å². The van der Waals surface area contributed by atoms with Crippen LogP contribution in [-0.2, 0) is 13.1 Å². The Hall–Kier alpha value is -2.48. The lowest BCUT2D eigenvalue weighted by Gasteiger charge is -2.27. The van der Waals surface area contributed by atoms with Crippen molar-refractivity contribution in [3.63, 3.8) is 0 Å². The molecule has 1 atom stereocenters. The van der Waals surface area contributed by atoms with Crippen LogP contribution < -0.4 is 16.2 Å². The van der Waals surface area contributed by atoms with Crippen LogP contribution >= 0.6 is 12.4 Å². The molecule has 1 saturated heterocycles. The molecule has 0 spiro atoms. The molecule has 0 amide bonds. The molecule has 178 valence electrons. The number of hydrogen-bond acceptors (Lipinski definition) is 6. The van der Waals surface area contributed by atoms with Crippen molar-refractivity contribution in [3.05, 3.63) is 64.1 Å². The normalized spacial score (nSPS) is 15.8. The standard InChI is InChI=1S/C25H34N6O.ClH/c1-18(20-7-5-19(6-8-20)16-30-13-11-26-12-14-30)28-24-27-15-21-9-10-22(32)31(23(21)29-24)17-25(2,3)4;/h5-10,15,18,26H,11-14,16-17H2,1-4H3,(H,27,28,29);1H. The van der Waals surface area contributed by atoms with Gasteiger partial charge in [-0.15, -0.1) is 12.4 Å². The Bertz CT molecular complexity index is 1120. The first-order valence-corrected chi connectivity index (χ1v) is 11.4. The summed E-state index contributed by atoms with van der Waals surface area (Å²) < 4.78 is 1.75. The lowest BCUT2D eigenvalue weighted by molar-refractivity contribution is 0.233. The van der Waals surface area contributed by atoms with E-state index in [1.54, 1.807) is 22.9 Å². The zero-order valence-corrected chi connectivity index (χ0v) is 20.8. The maximum Gasteiger partial charge on any atom is 0.252 e. The van der Waals surface area contributed by atoms with Gasteiger partial charge in [0.05, 0.1) is 6.04 Å². The first kappa shape index (κ1) is 25.1. The third-order valence-electron chi connectivity index (χ3n) is 5.80. The number of benzene rings is 1. The summed E-state index contributed by atoms with van der Waals surface area (Å²) in [5, 5.41) is 7.67. The second-order valence-electron chi connectivity index (χ2n) is 9.92. The van der Waals surface area contributed by atoms with E-state index in [0.29, 0.717) is 18.1 Å². The molecular formula is C25H35ClN6O. The van der Waals surface area contributed by atoms with Gasteiger partial charge in [-0.05, 0) is 29.5 Å². The maximum atomic E-state index is 12.5. The van der Waals surface area contributed by atoms with Gasteiger partial charge in [-0.3, -0.25) is 14.3 Å². The minimum Gasteiger partial charge on any atom is -0.348 e. The van der Waals surface area contributed by atoms with Gasteiger partial charge in [0.2, 0.25) is 5.95 Å². The minimum atomic E-state index is -0.0369. The van der Waals surface area contributed by atoms with Gasteiger partial charge in [-0.25, -0.2) is 4.98 Å². The van der Waals surface area contributed by atoms with Crippen molar-refractivity contribution >= 4 is 29.4 Å². The van der Waals surface area contributed by atoms with E-state index in [1.807, 2.05) is 0 Å². The molecule has 1 aliphatic rings. The zero-order chi connectivity index (χ0) is 22.7. The van der Waals surface area contributed by atoms with Gasteiger partial charge in [0, 0.05) is 56.9 Å². The molecule has 3 heterocycles. The van der Waals surface area contributed by atoms with Crippen LogP contribution in [0.3, 0.4) is 0 Å². The van der Waals surface area contributed by atoms with Crippen LogP contribution in [0.4, 0.5) is 5.95 Å². The number of fused-ring (bicyclic) bond motifs is 1. The van der Waals surface area contributed by atoms with Gasteiger partial charge in [0.15, 0.2) is 0 Å². The fraction of sp³-hybridized carbons (Fsp3) is 0.480. The quantitative estimate of drug-likeness (QED) is 0.570. The van der Waals surface area contributed by atoms with Crippen LogP contribution in [0.15, 0.2) is 47.4 Å². The van der Waals surface area contributed by atoms with Crippen LogP contribution in [0.5, 0.6) is 0 Å². The predicted molar refractivity (Wildman–Crippen MR) is 137 cm³/mol. The lowest BCUT2D eigenvalue weighted by Crippen LogP contribution is -2.42. The van der Waals surface area contributed by atoms with Gasteiger partial charge >= 0.3 is 0 Å². The molecule has 8 heteroatoms. The number of rotatable bonds is 6. The molecule has 0 radical (unpaired) electrons. The Balaban J connectivity index is 0.00000306. The van der Waals surface area contributed by atoms with E-state index in [0.717, 1.165) is 38.1 Å². The molecule has 0 bridgehead atoms. The number of piperazine rings is 1. The molecule has 0 aliphatic carbocycles. The fourth-order valence-electron chi connectivity index (χ4n) is 4.08. The van der Waals surface area contributed by atoms with Crippen molar-refractivity contribution in [1.29, 1.82) is 0 Å².